The number of nitrogens with zero attached hydrogens (tertiary/aromatic N) is 2. The van der Waals surface area contributed by atoms with Crippen molar-refractivity contribution >= 4 is 11.8 Å². The molecule has 0 spiro atoms. The van der Waals surface area contributed by atoms with Crippen LogP contribution in [0.15, 0.2) is 48.8 Å². The summed E-state index contributed by atoms with van der Waals surface area (Å²) in [5.74, 6) is -0.394. The Bertz CT molecular complexity index is 876. The van der Waals surface area contributed by atoms with Crippen molar-refractivity contribution in [1.29, 1.82) is 0 Å². The molecule has 4 rings (SSSR count). The lowest BCUT2D eigenvalue weighted by atomic mass is 9.73. The average molecular weight is 408 g/mol. The maximum atomic E-state index is 13.6. The summed E-state index contributed by atoms with van der Waals surface area (Å²) in [6.45, 7) is 2.33. The molecular formula is C24H29N3O3. The lowest BCUT2D eigenvalue weighted by Crippen LogP contribution is -2.52. The summed E-state index contributed by atoms with van der Waals surface area (Å²) in [5, 5.41) is 0. The van der Waals surface area contributed by atoms with E-state index in [1.807, 2.05) is 17.0 Å². The molecule has 0 saturated carbocycles. The van der Waals surface area contributed by atoms with Gasteiger partial charge in [0.15, 0.2) is 0 Å². The number of piperidine rings is 1. The second-order valence-electron chi connectivity index (χ2n) is 8.49. The highest BCUT2D eigenvalue weighted by Crippen LogP contribution is 2.38. The van der Waals surface area contributed by atoms with E-state index in [0.717, 1.165) is 29.5 Å². The zero-order valence-electron chi connectivity index (χ0n) is 17.3. The van der Waals surface area contributed by atoms with Crippen LogP contribution in [0.1, 0.15) is 31.2 Å². The van der Waals surface area contributed by atoms with Crippen LogP contribution in [0.25, 0.3) is 11.1 Å². The molecule has 0 radical (unpaired) electrons. The molecule has 158 valence electrons. The third-order valence-corrected chi connectivity index (χ3v) is 6.52. The fourth-order valence-corrected chi connectivity index (χ4v) is 4.71. The third kappa shape index (κ3) is 4.38. The fourth-order valence-electron chi connectivity index (χ4n) is 4.71. The number of aromatic nitrogens is 1. The van der Waals surface area contributed by atoms with E-state index >= 15 is 0 Å². The molecule has 0 aliphatic carbocycles. The van der Waals surface area contributed by atoms with Crippen LogP contribution in [0.2, 0.25) is 0 Å². The smallest absolute Gasteiger partial charge is 0.229 e. The van der Waals surface area contributed by atoms with Crippen LogP contribution >= 0.6 is 0 Å². The lowest BCUT2D eigenvalue weighted by molar-refractivity contribution is -0.150. The number of hydrogen-bond acceptors (Lipinski definition) is 4. The highest BCUT2D eigenvalue weighted by Gasteiger charge is 2.43. The van der Waals surface area contributed by atoms with Gasteiger partial charge in [-0.25, -0.2) is 0 Å². The van der Waals surface area contributed by atoms with Crippen LogP contribution in [0, 0.1) is 11.3 Å². The Labute approximate surface area is 177 Å². The van der Waals surface area contributed by atoms with Gasteiger partial charge in [-0.15, -0.1) is 0 Å². The van der Waals surface area contributed by atoms with Crippen molar-refractivity contribution in [3.8, 4) is 11.1 Å². The van der Waals surface area contributed by atoms with E-state index in [-0.39, 0.29) is 17.7 Å². The molecule has 2 N–H and O–H groups in total. The minimum absolute atomic E-state index is 0.148. The van der Waals surface area contributed by atoms with Gasteiger partial charge in [0, 0.05) is 38.7 Å². The first-order chi connectivity index (χ1) is 14.6. The number of benzene rings is 1. The Hall–Kier alpha value is -2.73. The number of likely N-dealkylation sites (tertiary alicyclic amines) is 1. The van der Waals surface area contributed by atoms with Crippen molar-refractivity contribution in [3.05, 3.63) is 54.4 Å². The summed E-state index contributed by atoms with van der Waals surface area (Å²) in [6, 6.07) is 12.4. The van der Waals surface area contributed by atoms with Crippen LogP contribution < -0.4 is 5.73 Å². The van der Waals surface area contributed by atoms with E-state index in [9.17, 15) is 9.59 Å². The zero-order chi connectivity index (χ0) is 21.0. The molecule has 1 aromatic heterocycles. The molecular weight excluding hydrogens is 378 g/mol. The summed E-state index contributed by atoms with van der Waals surface area (Å²) in [7, 11) is 0. The van der Waals surface area contributed by atoms with E-state index in [4.69, 9.17) is 10.5 Å². The molecule has 6 nitrogen and oxygen atoms in total. The second kappa shape index (κ2) is 8.96. The average Bonchev–Trinajstić information content (AvgIpc) is 2.80. The molecule has 0 bridgehead atoms. The number of nitrogens with two attached hydrogens (primary N) is 1. The maximum Gasteiger partial charge on any atom is 0.229 e. The highest BCUT2D eigenvalue weighted by atomic mass is 16.5. The lowest BCUT2D eigenvalue weighted by Gasteiger charge is -2.42. The topological polar surface area (TPSA) is 85.5 Å². The number of primary amides is 1. The molecule has 2 aromatic rings. The SMILES string of the molecule is NC(=O)[C@H]1CCCN(C(=O)C2(Cc3ccc(-c4ccncc4)cc3)CCOCC2)C1. The third-order valence-electron chi connectivity index (χ3n) is 6.52. The van der Waals surface area contributed by atoms with Gasteiger partial charge in [-0.2, -0.15) is 0 Å². The predicted octanol–water partition coefficient (Wildman–Crippen LogP) is 2.81. The predicted molar refractivity (Wildman–Crippen MR) is 114 cm³/mol. The van der Waals surface area contributed by atoms with Crippen LogP contribution in [0.5, 0.6) is 0 Å². The summed E-state index contributed by atoms with van der Waals surface area (Å²) in [4.78, 5) is 31.3. The highest BCUT2D eigenvalue weighted by molar-refractivity contribution is 5.85. The number of pyridine rings is 1. The molecule has 6 heteroatoms. The van der Waals surface area contributed by atoms with Crippen molar-refractivity contribution in [2.45, 2.75) is 32.1 Å². The van der Waals surface area contributed by atoms with Gasteiger partial charge in [0.05, 0.1) is 11.3 Å². The Morgan fingerprint density at radius 3 is 2.40 bits per heavy atom. The normalized spacial score (nSPS) is 21.2. The summed E-state index contributed by atoms with van der Waals surface area (Å²) >= 11 is 0. The van der Waals surface area contributed by atoms with Gasteiger partial charge in [0.25, 0.3) is 0 Å². The van der Waals surface area contributed by atoms with E-state index < -0.39 is 5.41 Å². The van der Waals surface area contributed by atoms with E-state index in [1.54, 1.807) is 12.4 Å². The van der Waals surface area contributed by atoms with Gasteiger partial charge in [0.2, 0.25) is 11.8 Å². The first-order valence-corrected chi connectivity index (χ1v) is 10.7. The van der Waals surface area contributed by atoms with Crippen molar-refractivity contribution in [1.82, 2.24) is 9.88 Å². The largest absolute Gasteiger partial charge is 0.381 e. The molecule has 3 heterocycles. The van der Waals surface area contributed by atoms with Gasteiger partial charge < -0.3 is 15.4 Å². The van der Waals surface area contributed by atoms with Crippen LogP contribution in [-0.2, 0) is 20.7 Å². The first kappa shape index (κ1) is 20.5. The molecule has 1 aromatic carbocycles. The number of rotatable bonds is 5. The molecule has 2 saturated heterocycles. The van der Waals surface area contributed by atoms with Gasteiger partial charge in [-0.05, 0) is 60.9 Å². The monoisotopic (exact) mass is 407 g/mol. The second-order valence-corrected chi connectivity index (χ2v) is 8.49. The Morgan fingerprint density at radius 1 is 1.07 bits per heavy atom. The molecule has 2 fully saturated rings. The van der Waals surface area contributed by atoms with Crippen LogP contribution in [0.4, 0.5) is 0 Å². The van der Waals surface area contributed by atoms with E-state index in [2.05, 4.69) is 29.2 Å². The van der Waals surface area contributed by atoms with Crippen LogP contribution in [0.3, 0.4) is 0 Å². The Morgan fingerprint density at radius 2 is 1.73 bits per heavy atom. The zero-order valence-corrected chi connectivity index (χ0v) is 17.3. The van der Waals surface area contributed by atoms with Gasteiger partial charge in [-0.1, -0.05) is 24.3 Å². The maximum absolute atomic E-state index is 13.6. The molecule has 2 aliphatic heterocycles. The number of amides is 2. The Kier molecular flexibility index (Phi) is 6.13. The fraction of sp³-hybridized carbons (Fsp3) is 0.458. The van der Waals surface area contributed by atoms with Gasteiger partial charge in [-0.3, -0.25) is 14.6 Å². The van der Waals surface area contributed by atoms with Crippen molar-refractivity contribution in [3.63, 3.8) is 0 Å². The molecule has 2 aliphatic rings. The Balaban J connectivity index is 1.53. The number of carbonyl (C=O) groups excluding carboxylic acids is 2. The van der Waals surface area contributed by atoms with E-state index in [0.29, 0.717) is 45.6 Å². The molecule has 30 heavy (non-hydrogen) atoms. The molecule has 0 unspecified atom stereocenters. The summed E-state index contributed by atoms with van der Waals surface area (Å²) in [6.07, 6.45) is 7.26. The number of carbonyl (C=O) groups is 2. The number of ether oxygens (including phenoxy) is 1. The van der Waals surface area contributed by atoms with Crippen molar-refractivity contribution in [2.75, 3.05) is 26.3 Å². The standard InChI is InChI=1S/C24H29N3O3/c25-22(28)21-2-1-13-27(17-21)23(29)24(9-14-30-15-10-24)16-18-3-5-19(6-4-18)20-7-11-26-12-8-20/h3-8,11-12,21H,1-2,9-10,13-17H2,(H2,25,28)/t21-/m0/s1. The van der Waals surface area contributed by atoms with E-state index in [1.165, 1.54) is 0 Å². The van der Waals surface area contributed by atoms with Crippen molar-refractivity contribution in [2.24, 2.45) is 17.1 Å². The quantitative estimate of drug-likeness (QED) is 0.826. The van der Waals surface area contributed by atoms with Crippen LogP contribution in [-0.4, -0.2) is 48.0 Å². The van der Waals surface area contributed by atoms with Gasteiger partial charge in [0.1, 0.15) is 0 Å². The summed E-state index contributed by atoms with van der Waals surface area (Å²) in [5.41, 5.74) is 8.45. The minimum Gasteiger partial charge on any atom is -0.381 e. The first-order valence-electron chi connectivity index (χ1n) is 10.7. The minimum atomic E-state index is -0.476. The van der Waals surface area contributed by atoms with Crippen molar-refractivity contribution < 1.29 is 14.3 Å². The summed E-state index contributed by atoms with van der Waals surface area (Å²) < 4.78 is 5.59. The molecule has 2 amide bonds. The molecule has 1 atom stereocenters. The number of hydrogen-bond donors (Lipinski definition) is 1. The van der Waals surface area contributed by atoms with Gasteiger partial charge >= 0.3 is 0 Å².